The van der Waals surface area contributed by atoms with Gasteiger partial charge in [0.15, 0.2) is 0 Å². The van der Waals surface area contributed by atoms with Crippen molar-refractivity contribution in [2.45, 2.75) is 0 Å². The molecule has 0 unspecified atom stereocenters. The van der Waals surface area contributed by atoms with Crippen molar-refractivity contribution in [3.05, 3.63) is 0 Å². The zero-order chi connectivity index (χ0) is 8.08. The van der Waals surface area contributed by atoms with Gasteiger partial charge in [0.2, 0.25) is 0 Å². The van der Waals surface area contributed by atoms with Crippen molar-refractivity contribution in [2.75, 3.05) is 0 Å². The van der Waals surface area contributed by atoms with E-state index in [-0.39, 0.29) is 37.4 Å². The third-order valence-corrected chi connectivity index (χ3v) is 0. The van der Waals surface area contributed by atoms with E-state index >= 15 is 0 Å². The predicted molar refractivity (Wildman–Crippen MR) is 26.0 cm³/mol. The van der Waals surface area contributed by atoms with Crippen LogP contribution in [0.5, 0.6) is 0 Å². The molecular formula is CH6FeLiO7P. The predicted octanol–water partition coefficient (Wildman–Crippen LogP) is -3.59. The van der Waals surface area contributed by atoms with Gasteiger partial charge in [0.25, 0.3) is 0 Å². The Kier molecular flexibility index (Phi) is 21.5. The van der Waals surface area contributed by atoms with Gasteiger partial charge in [0.05, 0.1) is 0 Å². The normalized spacial score (nSPS) is 7.55. The summed E-state index contributed by atoms with van der Waals surface area (Å²) in [5.41, 5.74) is 0. The summed E-state index contributed by atoms with van der Waals surface area (Å²) < 4.78 is 8.88. The van der Waals surface area contributed by atoms with E-state index in [0.717, 1.165) is 0 Å². The Bertz CT molecular complexity index is 123. The van der Waals surface area contributed by atoms with Crippen LogP contribution in [0.1, 0.15) is 1.43 Å². The molecule has 0 rings (SSSR count). The minimum absolute atomic E-state index is 0. The molecule has 66 valence electrons. The van der Waals surface area contributed by atoms with E-state index in [1.165, 1.54) is 0 Å². The molecule has 0 saturated heterocycles. The number of carbonyl (C=O) groups is 1. The van der Waals surface area contributed by atoms with Crippen molar-refractivity contribution in [1.82, 2.24) is 0 Å². The van der Waals surface area contributed by atoms with Gasteiger partial charge in [0, 0.05) is 17.1 Å². The minimum atomic E-state index is -4.64. The van der Waals surface area contributed by atoms with Crippen LogP contribution in [-0.2, 0) is 21.6 Å². The first-order valence-electron chi connectivity index (χ1n) is 1.43. The van der Waals surface area contributed by atoms with Crippen LogP contribution in [0.15, 0.2) is 0 Å². The van der Waals surface area contributed by atoms with Gasteiger partial charge in [-0.15, -0.1) is 0 Å². The smallest absolute Gasteiger partial charge is 1.00 e. The van der Waals surface area contributed by atoms with Gasteiger partial charge in [-0.25, -0.2) is 9.36 Å². The van der Waals surface area contributed by atoms with Crippen molar-refractivity contribution in [3.63, 3.8) is 0 Å². The molecule has 0 radical (unpaired) electrons. The largest absolute Gasteiger partial charge is 1.00 e. The van der Waals surface area contributed by atoms with E-state index in [2.05, 4.69) is 0 Å². The number of hydrogen-bond donors (Lipinski definition) is 5. The van der Waals surface area contributed by atoms with Crippen LogP contribution in [0.4, 0.5) is 4.79 Å². The molecule has 0 aromatic heterocycles. The molecule has 0 bridgehead atoms. The van der Waals surface area contributed by atoms with Crippen LogP contribution in [0, 0.1) is 0 Å². The SMILES string of the molecule is O=C(O)O.O=P(O)(O)O.[Fe].[H-].[Li+]. The molecule has 11 heavy (non-hydrogen) atoms. The number of rotatable bonds is 0. The standard InChI is InChI=1S/CH2O3.Fe.Li.H3O4P.H/c2-1(3)4;;;1-5(2,3)4;/h(H2,2,3,4);;;(H3,1,2,3,4);/q;;+1;;-1. The van der Waals surface area contributed by atoms with Crippen molar-refractivity contribution < 1.29 is 71.6 Å². The molecule has 0 fully saturated rings. The molecule has 0 aromatic rings. The second-order valence-corrected chi connectivity index (χ2v) is 1.82. The molecule has 0 atom stereocenters. The first-order chi connectivity index (χ1) is 3.73. The Labute approximate surface area is 85.8 Å². The molecule has 0 aliphatic heterocycles. The fourth-order valence-electron chi connectivity index (χ4n) is 0. The quantitative estimate of drug-likeness (QED) is 0.212. The number of phosphoric acid groups is 1. The molecular weight excluding hydrogens is 218 g/mol. The topological polar surface area (TPSA) is 135 Å². The van der Waals surface area contributed by atoms with Crippen molar-refractivity contribution in [3.8, 4) is 0 Å². The summed E-state index contributed by atoms with van der Waals surface area (Å²) in [5.74, 6) is 0. The van der Waals surface area contributed by atoms with E-state index < -0.39 is 14.0 Å². The molecule has 0 spiro atoms. The maximum absolute atomic E-state index is 8.88. The van der Waals surface area contributed by atoms with Crippen LogP contribution in [0.2, 0.25) is 0 Å². The molecule has 7 nitrogen and oxygen atoms in total. The van der Waals surface area contributed by atoms with Gasteiger partial charge in [0.1, 0.15) is 0 Å². The Balaban J connectivity index is -0.0000000221. The van der Waals surface area contributed by atoms with Crippen LogP contribution in [-0.4, -0.2) is 31.0 Å². The van der Waals surface area contributed by atoms with Gasteiger partial charge in [-0.2, -0.15) is 0 Å². The Morgan fingerprint density at radius 3 is 1.18 bits per heavy atom. The third-order valence-electron chi connectivity index (χ3n) is 0. The molecule has 0 aromatic carbocycles. The summed E-state index contributed by atoms with van der Waals surface area (Å²) in [7, 11) is -4.64. The van der Waals surface area contributed by atoms with Gasteiger partial charge in [-0.05, 0) is 0 Å². The number of carboxylic acid groups (broad SMARTS) is 2. The molecule has 0 aliphatic rings. The van der Waals surface area contributed by atoms with Crippen LogP contribution in [0.25, 0.3) is 0 Å². The summed E-state index contributed by atoms with van der Waals surface area (Å²) in [6.07, 6.45) is -1.83. The van der Waals surface area contributed by atoms with E-state index in [4.69, 9.17) is 34.3 Å². The third kappa shape index (κ3) is 3070. The average molecular weight is 224 g/mol. The molecule has 10 heteroatoms. The monoisotopic (exact) mass is 224 g/mol. The molecule has 0 saturated carbocycles. The zero-order valence-corrected chi connectivity index (χ0v) is 7.35. The maximum Gasteiger partial charge on any atom is 1.00 e. The van der Waals surface area contributed by atoms with E-state index in [1.807, 2.05) is 0 Å². The Morgan fingerprint density at radius 2 is 1.18 bits per heavy atom. The summed E-state index contributed by atoms with van der Waals surface area (Å²) in [6.45, 7) is 0. The van der Waals surface area contributed by atoms with Gasteiger partial charge in [-0.1, -0.05) is 0 Å². The van der Waals surface area contributed by atoms with Crippen LogP contribution >= 0.6 is 7.82 Å². The molecule has 0 aliphatic carbocycles. The second kappa shape index (κ2) is 10.5. The summed E-state index contributed by atoms with van der Waals surface area (Å²) in [5, 5.41) is 13.9. The zero-order valence-electron chi connectivity index (χ0n) is 6.35. The van der Waals surface area contributed by atoms with Gasteiger partial charge in [-0.3, -0.25) is 0 Å². The van der Waals surface area contributed by atoms with Crippen LogP contribution < -0.4 is 18.9 Å². The van der Waals surface area contributed by atoms with Crippen molar-refractivity contribution in [2.24, 2.45) is 0 Å². The summed E-state index contributed by atoms with van der Waals surface area (Å²) >= 11 is 0. The Morgan fingerprint density at radius 1 is 1.18 bits per heavy atom. The number of hydrogen-bond acceptors (Lipinski definition) is 2. The summed E-state index contributed by atoms with van der Waals surface area (Å²) in [6, 6.07) is 0. The first-order valence-corrected chi connectivity index (χ1v) is 3.00. The molecule has 0 amide bonds. The Hall–Kier alpha value is 0.497. The van der Waals surface area contributed by atoms with Gasteiger partial charge >= 0.3 is 32.8 Å². The van der Waals surface area contributed by atoms with E-state index in [9.17, 15) is 0 Å². The molecule has 5 N–H and O–H groups in total. The second-order valence-electron chi connectivity index (χ2n) is 0.796. The van der Waals surface area contributed by atoms with E-state index in [0.29, 0.717) is 0 Å². The average Bonchev–Trinajstić information content (AvgIpc) is 1.19. The van der Waals surface area contributed by atoms with Crippen molar-refractivity contribution in [1.29, 1.82) is 0 Å². The van der Waals surface area contributed by atoms with E-state index in [1.54, 1.807) is 0 Å². The van der Waals surface area contributed by atoms with Crippen LogP contribution in [0.3, 0.4) is 0 Å². The first kappa shape index (κ1) is 22.5. The maximum atomic E-state index is 8.88. The van der Waals surface area contributed by atoms with Crippen molar-refractivity contribution >= 4 is 14.0 Å². The molecule has 0 heterocycles. The summed E-state index contributed by atoms with van der Waals surface area (Å²) in [4.78, 5) is 30.1. The fraction of sp³-hybridized carbons (Fsp3) is 0. The fourth-order valence-corrected chi connectivity index (χ4v) is 0. The van der Waals surface area contributed by atoms with Gasteiger partial charge < -0.3 is 26.3 Å². The minimum Gasteiger partial charge on any atom is -1.00 e.